The number of ether oxygens (including phenoxy) is 2. The summed E-state index contributed by atoms with van der Waals surface area (Å²) in [5, 5.41) is 9.23. The molecule has 0 unspecified atom stereocenters. The molecule has 0 bridgehead atoms. The molecular formula is C19H36O5. The first kappa shape index (κ1) is 22.9. The van der Waals surface area contributed by atoms with Crippen LogP contribution in [-0.4, -0.2) is 36.4 Å². The fourth-order valence-electron chi connectivity index (χ4n) is 2.37. The van der Waals surface area contributed by atoms with E-state index in [9.17, 15) is 14.7 Å². The summed E-state index contributed by atoms with van der Waals surface area (Å²) in [6, 6.07) is 0. The molecule has 0 aliphatic heterocycles. The Labute approximate surface area is 147 Å². The topological polar surface area (TPSA) is 72.8 Å². The molecule has 0 spiro atoms. The van der Waals surface area contributed by atoms with Crippen molar-refractivity contribution >= 4 is 11.9 Å². The van der Waals surface area contributed by atoms with Crippen LogP contribution in [0.4, 0.5) is 0 Å². The first-order valence-electron chi connectivity index (χ1n) is 9.59. The molecule has 0 aliphatic carbocycles. The molecule has 0 saturated heterocycles. The van der Waals surface area contributed by atoms with Crippen LogP contribution in [0.1, 0.15) is 90.9 Å². The molecule has 5 heteroatoms. The zero-order chi connectivity index (χ0) is 18.0. The highest BCUT2D eigenvalue weighted by Crippen LogP contribution is 2.08. The van der Waals surface area contributed by atoms with E-state index < -0.39 is 6.10 Å². The van der Waals surface area contributed by atoms with E-state index in [0.717, 1.165) is 38.5 Å². The van der Waals surface area contributed by atoms with Crippen LogP contribution >= 0.6 is 0 Å². The van der Waals surface area contributed by atoms with Gasteiger partial charge in [0, 0.05) is 12.8 Å². The van der Waals surface area contributed by atoms with Gasteiger partial charge < -0.3 is 14.6 Å². The second kappa shape index (κ2) is 16.7. The molecule has 0 heterocycles. The van der Waals surface area contributed by atoms with Gasteiger partial charge in [-0.2, -0.15) is 0 Å². The Kier molecular flexibility index (Phi) is 16.0. The Morgan fingerprint density at radius 1 is 0.792 bits per heavy atom. The van der Waals surface area contributed by atoms with E-state index in [-0.39, 0.29) is 25.2 Å². The third-order valence-electron chi connectivity index (χ3n) is 3.90. The van der Waals surface area contributed by atoms with Gasteiger partial charge in [-0.3, -0.25) is 9.59 Å². The summed E-state index contributed by atoms with van der Waals surface area (Å²) in [6.07, 6.45) is 10.6. The second-order valence-electron chi connectivity index (χ2n) is 6.31. The SMILES string of the molecule is CCCCCCCC(=O)OC[C@@H](CO)OC(=O)CCCCCCC. The maximum atomic E-state index is 11.7. The summed E-state index contributed by atoms with van der Waals surface area (Å²) in [5.74, 6) is -0.623. The van der Waals surface area contributed by atoms with Gasteiger partial charge in [-0.25, -0.2) is 0 Å². The molecule has 1 atom stereocenters. The Bertz CT molecular complexity index is 317. The van der Waals surface area contributed by atoms with Gasteiger partial charge in [-0.05, 0) is 12.8 Å². The molecule has 0 aromatic heterocycles. The number of hydrogen-bond donors (Lipinski definition) is 1. The Balaban J connectivity index is 3.73. The summed E-state index contributed by atoms with van der Waals surface area (Å²) < 4.78 is 10.2. The lowest BCUT2D eigenvalue weighted by Crippen LogP contribution is -2.28. The predicted molar refractivity (Wildman–Crippen MR) is 94.7 cm³/mol. The molecule has 142 valence electrons. The van der Waals surface area contributed by atoms with Crippen LogP contribution in [0.3, 0.4) is 0 Å². The van der Waals surface area contributed by atoms with Crippen molar-refractivity contribution in [2.24, 2.45) is 0 Å². The third-order valence-corrected chi connectivity index (χ3v) is 3.90. The minimum atomic E-state index is -0.753. The maximum absolute atomic E-state index is 11.7. The van der Waals surface area contributed by atoms with Gasteiger partial charge in [-0.1, -0.05) is 65.2 Å². The number of unbranched alkanes of at least 4 members (excludes halogenated alkanes) is 8. The van der Waals surface area contributed by atoms with Gasteiger partial charge in [0.05, 0.1) is 6.61 Å². The van der Waals surface area contributed by atoms with E-state index in [4.69, 9.17) is 9.47 Å². The number of carbonyl (C=O) groups is 2. The normalized spacial score (nSPS) is 12.0. The summed E-state index contributed by atoms with van der Waals surface area (Å²) in [6.45, 7) is 3.90. The van der Waals surface area contributed by atoms with Crippen molar-refractivity contribution < 1.29 is 24.2 Å². The number of carbonyl (C=O) groups excluding carboxylic acids is 2. The molecule has 0 radical (unpaired) electrons. The van der Waals surface area contributed by atoms with Crippen molar-refractivity contribution in [1.82, 2.24) is 0 Å². The average molecular weight is 344 g/mol. The first-order chi connectivity index (χ1) is 11.6. The Hall–Kier alpha value is -1.10. The number of aliphatic hydroxyl groups is 1. The Morgan fingerprint density at radius 2 is 1.29 bits per heavy atom. The molecule has 1 N–H and O–H groups in total. The second-order valence-corrected chi connectivity index (χ2v) is 6.31. The lowest BCUT2D eigenvalue weighted by molar-refractivity contribution is -0.161. The monoisotopic (exact) mass is 344 g/mol. The van der Waals surface area contributed by atoms with E-state index in [0.29, 0.717) is 12.8 Å². The highest BCUT2D eigenvalue weighted by atomic mass is 16.6. The van der Waals surface area contributed by atoms with Crippen molar-refractivity contribution in [3.05, 3.63) is 0 Å². The van der Waals surface area contributed by atoms with Crippen molar-refractivity contribution in [2.45, 2.75) is 97.0 Å². The summed E-state index contributed by atoms with van der Waals surface area (Å²) in [7, 11) is 0. The molecule has 0 aromatic rings. The van der Waals surface area contributed by atoms with Gasteiger partial charge >= 0.3 is 11.9 Å². The van der Waals surface area contributed by atoms with Crippen LogP contribution in [0.25, 0.3) is 0 Å². The smallest absolute Gasteiger partial charge is 0.306 e. The Morgan fingerprint density at radius 3 is 1.79 bits per heavy atom. The lowest BCUT2D eigenvalue weighted by atomic mass is 10.1. The van der Waals surface area contributed by atoms with Gasteiger partial charge in [0.1, 0.15) is 6.61 Å². The predicted octanol–water partition coefficient (Wildman–Crippen LogP) is 4.15. The third kappa shape index (κ3) is 14.5. The molecule has 0 aliphatic rings. The average Bonchev–Trinajstić information content (AvgIpc) is 2.58. The van der Waals surface area contributed by atoms with Crippen LogP contribution in [-0.2, 0) is 19.1 Å². The van der Waals surface area contributed by atoms with Crippen molar-refractivity contribution in [3.8, 4) is 0 Å². The standard InChI is InChI=1S/C19H36O5/c1-3-5-7-9-11-13-18(21)23-16-17(15-20)24-19(22)14-12-10-8-6-4-2/h17,20H,3-16H2,1-2H3/t17-/m1/s1. The molecule has 5 nitrogen and oxygen atoms in total. The fraction of sp³-hybridized carbons (Fsp3) is 0.895. The number of rotatable bonds is 16. The molecule has 0 rings (SSSR count). The van der Waals surface area contributed by atoms with E-state index in [1.54, 1.807) is 0 Å². The molecule has 0 amide bonds. The van der Waals surface area contributed by atoms with Crippen molar-refractivity contribution in [2.75, 3.05) is 13.2 Å². The van der Waals surface area contributed by atoms with Crippen molar-refractivity contribution in [1.29, 1.82) is 0 Å². The summed E-state index contributed by atoms with van der Waals surface area (Å²) >= 11 is 0. The van der Waals surface area contributed by atoms with Crippen molar-refractivity contribution in [3.63, 3.8) is 0 Å². The molecular weight excluding hydrogens is 308 g/mol. The van der Waals surface area contributed by atoms with Crippen LogP contribution < -0.4 is 0 Å². The van der Waals surface area contributed by atoms with E-state index in [1.807, 2.05) is 0 Å². The number of aliphatic hydroxyl groups excluding tert-OH is 1. The maximum Gasteiger partial charge on any atom is 0.306 e. The van der Waals surface area contributed by atoms with E-state index >= 15 is 0 Å². The quantitative estimate of drug-likeness (QED) is 0.336. The number of hydrogen-bond acceptors (Lipinski definition) is 5. The number of esters is 2. The van der Waals surface area contributed by atoms with Crippen LogP contribution in [0.5, 0.6) is 0 Å². The van der Waals surface area contributed by atoms with Gasteiger partial charge in [0.2, 0.25) is 0 Å². The van der Waals surface area contributed by atoms with E-state index in [1.165, 1.54) is 25.7 Å². The van der Waals surface area contributed by atoms with Gasteiger partial charge in [0.25, 0.3) is 0 Å². The zero-order valence-corrected chi connectivity index (χ0v) is 15.6. The van der Waals surface area contributed by atoms with Crippen LogP contribution in [0, 0.1) is 0 Å². The summed E-state index contributed by atoms with van der Waals surface area (Å²) in [4.78, 5) is 23.3. The van der Waals surface area contributed by atoms with Crippen LogP contribution in [0.2, 0.25) is 0 Å². The van der Waals surface area contributed by atoms with Crippen LogP contribution in [0.15, 0.2) is 0 Å². The molecule has 0 saturated carbocycles. The fourth-order valence-corrected chi connectivity index (χ4v) is 2.37. The summed E-state index contributed by atoms with van der Waals surface area (Å²) in [5.41, 5.74) is 0. The largest absolute Gasteiger partial charge is 0.462 e. The highest BCUT2D eigenvalue weighted by molar-refractivity contribution is 5.70. The minimum Gasteiger partial charge on any atom is -0.462 e. The molecule has 0 fully saturated rings. The first-order valence-corrected chi connectivity index (χ1v) is 9.59. The minimum absolute atomic E-state index is 0.0636. The van der Waals surface area contributed by atoms with E-state index in [2.05, 4.69) is 13.8 Å². The molecule has 0 aromatic carbocycles. The lowest BCUT2D eigenvalue weighted by Gasteiger charge is -2.15. The van der Waals surface area contributed by atoms with Gasteiger partial charge in [-0.15, -0.1) is 0 Å². The highest BCUT2D eigenvalue weighted by Gasteiger charge is 2.15. The zero-order valence-electron chi connectivity index (χ0n) is 15.6. The van der Waals surface area contributed by atoms with Gasteiger partial charge in [0.15, 0.2) is 6.10 Å². The molecule has 24 heavy (non-hydrogen) atoms.